The van der Waals surface area contributed by atoms with E-state index >= 15 is 0 Å². The smallest absolute Gasteiger partial charge is 0.209 e. The van der Waals surface area contributed by atoms with Crippen molar-refractivity contribution < 1.29 is 5.21 Å². The number of anilines is 1. The van der Waals surface area contributed by atoms with Crippen LogP contribution in [0.4, 0.5) is 5.69 Å². The van der Waals surface area contributed by atoms with Crippen LogP contribution in [0.15, 0.2) is 23.2 Å². The molecule has 24 heavy (non-hydrogen) atoms. The molecule has 2 N–H and O–H groups in total. The van der Waals surface area contributed by atoms with Gasteiger partial charge in [-0.1, -0.05) is 23.2 Å². The zero-order valence-corrected chi connectivity index (χ0v) is 15.5. The highest BCUT2D eigenvalue weighted by Gasteiger charge is 2.52. The Kier molecular flexibility index (Phi) is 5.31. The van der Waals surface area contributed by atoms with E-state index < -0.39 is 11.1 Å². The molecule has 129 valence electrons. The predicted molar refractivity (Wildman–Crippen MR) is 95.4 cm³/mol. The molecule has 1 radical (unpaired) electrons. The summed E-state index contributed by atoms with van der Waals surface area (Å²) in [5.74, 6) is 0.228. The van der Waals surface area contributed by atoms with Gasteiger partial charge in [0.05, 0.1) is 22.3 Å². The van der Waals surface area contributed by atoms with E-state index in [1.54, 1.807) is 18.2 Å². The number of halogens is 2. The molecular weight excluding hydrogens is 349 g/mol. The van der Waals surface area contributed by atoms with Crippen molar-refractivity contribution in [2.24, 2.45) is 4.99 Å². The van der Waals surface area contributed by atoms with Crippen LogP contribution >= 0.6 is 23.2 Å². The van der Waals surface area contributed by atoms with Gasteiger partial charge < -0.3 is 5.32 Å². The third kappa shape index (κ3) is 3.76. The number of benzene rings is 1. The number of rotatable bonds is 2. The molecule has 1 unspecified atom stereocenters. The minimum absolute atomic E-state index is 0.228. The summed E-state index contributed by atoms with van der Waals surface area (Å²) in [5, 5.41) is 29.0. The number of guanidine groups is 1. The molecule has 1 heterocycles. The van der Waals surface area contributed by atoms with E-state index in [1.165, 1.54) is 0 Å². The molecule has 1 aliphatic heterocycles. The summed E-state index contributed by atoms with van der Waals surface area (Å²) in [6, 6.07) is 4.67. The number of hydrogen-bond donors (Lipinski definition) is 2. The van der Waals surface area contributed by atoms with Crippen molar-refractivity contribution in [3.05, 3.63) is 28.2 Å². The minimum Gasteiger partial charge on any atom is -0.324 e. The molecule has 0 aromatic heterocycles. The Bertz CT molecular complexity index is 696. The van der Waals surface area contributed by atoms with Gasteiger partial charge in [-0.25, -0.2) is 4.99 Å². The van der Waals surface area contributed by atoms with Crippen molar-refractivity contribution >= 4 is 34.8 Å². The van der Waals surface area contributed by atoms with Gasteiger partial charge in [-0.3, -0.25) is 5.32 Å². The van der Waals surface area contributed by atoms with Gasteiger partial charge in [0.2, 0.25) is 5.96 Å². The van der Waals surface area contributed by atoms with Crippen LogP contribution < -0.4 is 10.6 Å². The SMILES string of the molecule is CC1(C)CC(N=C(NC#N)Nc2cc(Cl)ccc2Cl)C(C)(C)N1[O]. The normalized spacial score (nSPS) is 22.9. The number of nitrogens with one attached hydrogen (secondary N) is 2. The zero-order chi connectivity index (χ0) is 18.1. The molecule has 6 nitrogen and oxygen atoms in total. The van der Waals surface area contributed by atoms with Crippen molar-refractivity contribution in [1.82, 2.24) is 10.4 Å². The Morgan fingerprint density at radius 1 is 1.38 bits per heavy atom. The second-order valence-electron chi connectivity index (χ2n) is 6.94. The van der Waals surface area contributed by atoms with E-state index in [2.05, 4.69) is 15.6 Å². The van der Waals surface area contributed by atoms with E-state index in [-0.39, 0.29) is 12.0 Å². The summed E-state index contributed by atoms with van der Waals surface area (Å²) >= 11 is 12.1. The van der Waals surface area contributed by atoms with Crippen LogP contribution in [0, 0.1) is 11.5 Å². The number of aliphatic imine (C=N–C) groups is 1. The standard InChI is InChI=1S/C16H20Cl2N5O/c1-15(2)8-13(16(3,4)23(15)24)22-14(20-9-19)21-12-7-10(17)5-6-11(12)18/h5-7,13H,8H2,1-4H3,(H2,20,21,22). The molecule has 0 amide bonds. The molecule has 0 spiro atoms. The van der Waals surface area contributed by atoms with Crippen LogP contribution in [0.25, 0.3) is 0 Å². The summed E-state index contributed by atoms with van der Waals surface area (Å²) in [5.41, 5.74) is -0.686. The fourth-order valence-corrected chi connectivity index (χ4v) is 3.29. The summed E-state index contributed by atoms with van der Waals surface area (Å²) in [6.07, 6.45) is 2.42. The molecule has 2 rings (SSSR count). The monoisotopic (exact) mass is 368 g/mol. The molecule has 8 heteroatoms. The van der Waals surface area contributed by atoms with Gasteiger partial charge in [0, 0.05) is 10.6 Å². The minimum atomic E-state index is -0.689. The van der Waals surface area contributed by atoms with Crippen molar-refractivity contribution in [3.63, 3.8) is 0 Å². The van der Waals surface area contributed by atoms with Crippen molar-refractivity contribution in [2.75, 3.05) is 5.32 Å². The van der Waals surface area contributed by atoms with Crippen molar-refractivity contribution in [2.45, 2.75) is 51.2 Å². The molecule has 0 aliphatic carbocycles. The number of nitriles is 1. The maximum absolute atomic E-state index is 12.5. The van der Waals surface area contributed by atoms with Crippen LogP contribution in [-0.4, -0.2) is 28.1 Å². The fraction of sp³-hybridized carbons (Fsp3) is 0.500. The van der Waals surface area contributed by atoms with Crippen LogP contribution in [0.3, 0.4) is 0 Å². The molecular formula is C16H20Cl2N5O. The first kappa shape index (κ1) is 18.8. The van der Waals surface area contributed by atoms with Gasteiger partial charge in [0.15, 0.2) is 6.19 Å². The molecule has 0 bridgehead atoms. The molecule has 1 fully saturated rings. The second kappa shape index (κ2) is 6.77. The van der Waals surface area contributed by atoms with Gasteiger partial charge >= 0.3 is 0 Å². The number of hydrogen-bond acceptors (Lipinski definition) is 3. The summed E-state index contributed by atoms with van der Waals surface area (Å²) in [7, 11) is 0. The summed E-state index contributed by atoms with van der Waals surface area (Å²) < 4.78 is 0. The maximum Gasteiger partial charge on any atom is 0.209 e. The Hall–Kier alpha value is -1.52. The Morgan fingerprint density at radius 3 is 2.58 bits per heavy atom. The van der Waals surface area contributed by atoms with Gasteiger partial charge in [-0.15, -0.1) is 10.3 Å². The Labute approximate surface area is 152 Å². The number of hydroxylamine groups is 2. The Morgan fingerprint density at radius 2 is 2.04 bits per heavy atom. The maximum atomic E-state index is 12.5. The van der Waals surface area contributed by atoms with E-state index in [0.717, 1.165) is 5.06 Å². The molecule has 1 aromatic carbocycles. The topological polar surface area (TPSA) is 83.3 Å². The van der Waals surface area contributed by atoms with Gasteiger partial charge in [0.1, 0.15) is 0 Å². The van der Waals surface area contributed by atoms with E-state index in [4.69, 9.17) is 28.5 Å². The molecule has 1 aliphatic rings. The average molecular weight is 369 g/mol. The quantitative estimate of drug-likeness (QED) is 0.359. The molecule has 1 atom stereocenters. The zero-order valence-electron chi connectivity index (χ0n) is 14.0. The van der Waals surface area contributed by atoms with Crippen molar-refractivity contribution in [1.29, 1.82) is 5.26 Å². The van der Waals surface area contributed by atoms with Crippen LogP contribution in [0.2, 0.25) is 10.0 Å². The lowest BCUT2D eigenvalue weighted by atomic mass is 9.95. The highest BCUT2D eigenvalue weighted by atomic mass is 35.5. The third-order valence-electron chi connectivity index (χ3n) is 4.22. The third-order valence-corrected chi connectivity index (χ3v) is 4.79. The Balaban J connectivity index is 2.32. The molecule has 0 saturated carbocycles. The van der Waals surface area contributed by atoms with Crippen LogP contribution in [-0.2, 0) is 5.21 Å². The highest BCUT2D eigenvalue weighted by molar-refractivity contribution is 6.35. The van der Waals surface area contributed by atoms with E-state index in [0.29, 0.717) is 22.2 Å². The largest absolute Gasteiger partial charge is 0.324 e. The second-order valence-corrected chi connectivity index (χ2v) is 7.79. The first-order chi connectivity index (χ1) is 11.1. The molecule has 1 aromatic rings. The highest BCUT2D eigenvalue weighted by Crippen LogP contribution is 2.41. The van der Waals surface area contributed by atoms with E-state index in [9.17, 15) is 5.21 Å². The van der Waals surface area contributed by atoms with Gasteiger partial charge in [-0.2, -0.15) is 5.26 Å². The lowest BCUT2D eigenvalue weighted by Gasteiger charge is -2.32. The predicted octanol–water partition coefficient (Wildman–Crippen LogP) is 3.81. The number of nitrogens with zero attached hydrogens (tertiary/aromatic N) is 3. The van der Waals surface area contributed by atoms with Gasteiger partial charge in [-0.05, 0) is 52.3 Å². The average Bonchev–Trinajstić information content (AvgIpc) is 2.63. The fourth-order valence-electron chi connectivity index (χ4n) is 2.95. The van der Waals surface area contributed by atoms with Gasteiger partial charge in [0.25, 0.3) is 0 Å². The molecule has 1 saturated heterocycles. The van der Waals surface area contributed by atoms with Crippen LogP contribution in [0.1, 0.15) is 34.1 Å². The first-order valence-electron chi connectivity index (χ1n) is 7.50. The van der Waals surface area contributed by atoms with Crippen LogP contribution in [0.5, 0.6) is 0 Å². The summed E-state index contributed by atoms with van der Waals surface area (Å²) in [4.78, 5) is 4.56. The first-order valence-corrected chi connectivity index (χ1v) is 8.26. The lowest BCUT2D eigenvalue weighted by molar-refractivity contribution is -0.245. The lowest BCUT2D eigenvalue weighted by Crippen LogP contribution is -2.47. The summed E-state index contributed by atoms with van der Waals surface area (Å²) in [6.45, 7) is 7.46. The van der Waals surface area contributed by atoms with Crippen molar-refractivity contribution in [3.8, 4) is 6.19 Å². The van der Waals surface area contributed by atoms with E-state index in [1.807, 2.05) is 33.9 Å².